The summed E-state index contributed by atoms with van der Waals surface area (Å²) in [6, 6.07) is 14.5. The van der Waals surface area contributed by atoms with Crippen LogP contribution in [0.15, 0.2) is 68.3 Å². The highest BCUT2D eigenvalue weighted by Gasteiger charge is 2.27. The molecule has 0 radical (unpaired) electrons. The molecule has 3 heterocycles. The third-order valence-corrected chi connectivity index (χ3v) is 6.10. The second-order valence-electron chi connectivity index (χ2n) is 6.53. The Balaban J connectivity index is 1.42. The van der Waals surface area contributed by atoms with Gasteiger partial charge in [-0.15, -0.1) is 11.3 Å². The summed E-state index contributed by atoms with van der Waals surface area (Å²) in [5.41, 5.74) is 2.64. The third-order valence-electron chi connectivity index (χ3n) is 4.65. The van der Waals surface area contributed by atoms with Crippen molar-refractivity contribution in [2.45, 2.75) is 12.5 Å². The summed E-state index contributed by atoms with van der Waals surface area (Å²) >= 11 is 13.6. The average molecular weight is 443 g/mol. The number of nitrogens with zero attached hydrogens (tertiary/aromatic N) is 2. The van der Waals surface area contributed by atoms with Gasteiger partial charge in [0.2, 0.25) is 0 Å². The number of oxime groups is 1. The Kier molecular flexibility index (Phi) is 4.62. The van der Waals surface area contributed by atoms with E-state index in [2.05, 4.69) is 10.1 Å². The highest BCUT2D eigenvalue weighted by Crippen LogP contribution is 2.36. The maximum absolute atomic E-state index is 12.4. The molecule has 1 aliphatic heterocycles. The molecule has 1 atom stereocenters. The molecule has 144 valence electrons. The lowest BCUT2D eigenvalue weighted by atomic mass is 10.0. The molecule has 1 aliphatic rings. The molecule has 0 amide bonds. The van der Waals surface area contributed by atoms with Crippen LogP contribution in [0.25, 0.3) is 22.2 Å². The van der Waals surface area contributed by atoms with E-state index in [1.807, 2.05) is 29.6 Å². The Morgan fingerprint density at radius 2 is 1.97 bits per heavy atom. The molecule has 2 aromatic carbocycles. The van der Waals surface area contributed by atoms with Gasteiger partial charge >= 0.3 is 5.63 Å². The van der Waals surface area contributed by atoms with Crippen LogP contribution >= 0.6 is 34.5 Å². The molecule has 0 bridgehead atoms. The Hall–Kier alpha value is -2.67. The molecule has 1 unspecified atom stereocenters. The summed E-state index contributed by atoms with van der Waals surface area (Å²) in [6.45, 7) is 0. The number of aromatic nitrogens is 1. The SMILES string of the molecule is O=c1oc2ccccc2cc1-c1csc(C2=NOC(c3ccc(Cl)cc3Cl)C2)n1. The molecular weight excluding hydrogens is 431 g/mol. The lowest BCUT2D eigenvalue weighted by Crippen LogP contribution is -2.04. The van der Waals surface area contributed by atoms with E-state index in [0.717, 1.165) is 10.9 Å². The first-order valence-electron chi connectivity index (χ1n) is 8.75. The van der Waals surface area contributed by atoms with Gasteiger partial charge in [-0.3, -0.25) is 0 Å². The summed E-state index contributed by atoms with van der Waals surface area (Å²) in [5, 5.41) is 8.64. The molecule has 0 aliphatic carbocycles. The van der Waals surface area contributed by atoms with Gasteiger partial charge in [0.25, 0.3) is 0 Å². The topological polar surface area (TPSA) is 64.7 Å². The van der Waals surface area contributed by atoms with Crippen LogP contribution in [0.5, 0.6) is 0 Å². The van der Waals surface area contributed by atoms with Crippen molar-refractivity contribution in [3.63, 3.8) is 0 Å². The second kappa shape index (κ2) is 7.30. The van der Waals surface area contributed by atoms with Crippen LogP contribution in [0.3, 0.4) is 0 Å². The van der Waals surface area contributed by atoms with Crippen molar-refractivity contribution in [1.82, 2.24) is 4.98 Å². The monoisotopic (exact) mass is 442 g/mol. The molecule has 2 aromatic heterocycles. The lowest BCUT2D eigenvalue weighted by molar-refractivity contribution is 0.0858. The normalized spacial score (nSPS) is 16.1. The van der Waals surface area contributed by atoms with E-state index >= 15 is 0 Å². The van der Waals surface area contributed by atoms with Crippen LogP contribution in [-0.4, -0.2) is 10.7 Å². The zero-order valence-electron chi connectivity index (χ0n) is 14.8. The molecule has 5 nitrogen and oxygen atoms in total. The van der Waals surface area contributed by atoms with Crippen LogP contribution in [0.2, 0.25) is 10.0 Å². The highest BCUT2D eigenvalue weighted by atomic mass is 35.5. The fourth-order valence-corrected chi connectivity index (χ4v) is 4.54. The summed E-state index contributed by atoms with van der Waals surface area (Å²) < 4.78 is 5.41. The predicted octanol–water partition coefficient (Wildman–Crippen LogP) is 6.09. The van der Waals surface area contributed by atoms with Gasteiger partial charge in [-0.05, 0) is 24.3 Å². The Morgan fingerprint density at radius 3 is 2.83 bits per heavy atom. The van der Waals surface area contributed by atoms with E-state index in [4.69, 9.17) is 32.5 Å². The first kappa shape index (κ1) is 18.4. The number of para-hydroxylation sites is 1. The van der Waals surface area contributed by atoms with Gasteiger partial charge in [-0.2, -0.15) is 0 Å². The zero-order valence-corrected chi connectivity index (χ0v) is 17.1. The maximum atomic E-state index is 12.4. The summed E-state index contributed by atoms with van der Waals surface area (Å²) in [7, 11) is 0. The van der Waals surface area contributed by atoms with Gasteiger partial charge in [-0.25, -0.2) is 9.78 Å². The van der Waals surface area contributed by atoms with Gasteiger partial charge in [0.1, 0.15) is 16.3 Å². The Bertz CT molecular complexity index is 1330. The van der Waals surface area contributed by atoms with Gasteiger partial charge in [0.05, 0.1) is 11.3 Å². The molecule has 29 heavy (non-hydrogen) atoms. The van der Waals surface area contributed by atoms with Gasteiger partial charge < -0.3 is 9.25 Å². The Morgan fingerprint density at radius 1 is 1.10 bits per heavy atom. The molecule has 8 heteroatoms. The van der Waals surface area contributed by atoms with Crippen molar-refractivity contribution in [3.8, 4) is 11.3 Å². The highest BCUT2D eigenvalue weighted by molar-refractivity contribution is 7.12. The number of hydrogen-bond donors (Lipinski definition) is 0. The Labute approximate surface area is 179 Å². The van der Waals surface area contributed by atoms with E-state index in [-0.39, 0.29) is 6.10 Å². The minimum Gasteiger partial charge on any atom is -0.422 e. The van der Waals surface area contributed by atoms with Crippen LogP contribution in [0.1, 0.15) is 23.1 Å². The van der Waals surface area contributed by atoms with Crippen LogP contribution in [0.4, 0.5) is 0 Å². The molecule has 0 fully saturated rings. The van der Waals surface area contributed by atoms with E-state index in [1.165, 1.54) is 11.3 Å². The molecule has 0 saturated heterocycles. The molecule has 0 spiro atoms. The second-order valence-corrected chi connectivity index (χ2v) is 8.23. The number of thiazole rings is 1. The van der Waals surface area contributed by atoms with E-state index in [1.54, 1.807) is 24.3 Å². The number of rotatable bonds is 3. The molecule has 5 rings (SSSR count). The third kappa shape index (κ3) is 3.44. The number of fused-ring (bicyclic) bond motifs is 1. The quantitative estimate of drug-likeness (QED) is 0.360. The zero-order chi connectivity index (χ0) is 20.0. The summed E-state index contributed by atoms with van der Waals surface area (Å²) in [5.74, 6) is 0. The smallest absolute Gasteiger partial charge is 0.345 e. The molecular formula is C21H12Cl2N2O3S. The van der Waals surface area contributed by atoms with Crippen molar-refractivity contribution in [3.05, 3.63) is 84.9 Å². The molecule has 0 N–H and O–H groups in total. The molecule has 4 aromatic rings. The van der Waals surface area contributed by atoms with Crippen molar-refractivity contribution in [2.24, 2.45) is 5.16 Å². The van der Waals surface area contributed by atoms with E-state index < -0.39 is 5.63 Å². The number of halogens is 2. The van der Waals surface area contributed by atoms with Crippen LogP contribution < -0.4 is 5.63 Å². The van der Waals surface area contributed by atoms with Crippen LogP contribution in [-0.2, 0) is 4.84 Å². The fourth-order valence-electron chi connectivity index (χ4n) is 3.20. The fraction of sp³-hybridized carbons (Fsp3) is 0.0952. The first-order valence-corrected chi connectivity index (χ1v) is 10.4. The standard InChI is InChI=1S/C21H12Cl2N2O3S/c22-12-5-6-13(15(23)8-12)19-9-16(25-28-19)20-24-17(10-29-20)14-7-11-3-1-2-4-18(11)27-21(14)26/h1-8,10,19H,9H2. The van der Waals surface area contributed by atoms with Crippen molar-refractivity contribution in [1.29, 1.82) is 0 Å². The van der Waals surface area contributed by atoms with Crippen molar-refractivity contribution >= 4 is 51.2 Å². The lowest BCUT2D eigenvalue weighted by Gasteiger charge is -2.10. The number of benzene rings is 2. The predicted molar refractivity (Wildman–Crippen MR) is 115 cm³/mol. The first-order chi connectivity index (χ1) is 14.1. The number of hydrogen-bond acceptors (Lipinski definition) is 6. The average Bonchev–Trinajstić information content (AvgIpc) is 3.37. The molecule has 0 saturated carbocycles. The largest absolute Gasteiger partial charge is 0.422 e. The maximum Gasteiger partial charge on any atom is 0.345 e. The van der Waals surface area contributed by atoms with Gasteiger partial charge in [0, 0.05) is 32.8 Å². The van der Waals surface area contributed by atoms with Gasteiger partial charge in [0.15, 0.2) is 6.10 Å². The minimum atomic E-state index is -0.420. The van der Waals surface area contributed by atoms with E-state index in [0.29, 0.717) is 44.0 Å². The van der Waals surface area contributed by atoms with Gasteiger partial charge in [-0.1, -0.05) is 52.6 Å². The minimum absolute atomic E-state index is 0.298. The van der Waals surface area contributed by atoms with Crippen LogP contribution in [0, 0.1) is 0 Å². The van der Waals surface area contributed by atoms with Crippen molar-refractivity contribution in [2.75, 3.05) is 0 Å². The van der Waals surface area contributed by atoms with E-state index in [9.17, 15) is 4.79 Å². The van der Waals surface area contributed by atoms with Crippen molar-refractivity contribution < 1.29 is 9.25 Å². The summed E-state index contributed by atoms with van der Waals surface area (Å²) in [6.07, 6.45) is 0.230. The summed E-state index contributed by atoms with van der Waals surface area (Å²) in [4.78, 5) is 22.5.